The maximum atomic E-state index is 10.9. The fraction of sp³-hybridized carbons (Fsp3) is 0.357. The summed E-state index contributed by atoms with van der Waals surface area (Å²) in [5.74, 6) is 0.464. The largest absolute Gasteiger partial charge is 0.478 e. The van der Waals surface area contributed by atoms with E-state index in [0.29, 0.717) is 23.3 Å². The summed E-state index contributed by atoms with van der Waals surface area (Å²) in [5.41, 5.74) is 0.835. The number of rotatable bonds is 5. The van der Waals surface area contributed by atoms with Crippen LogP contribution >= 0.6 is 0 Å². The maximum Gasteiger partial charge on any atom is 0.335 e. The highest BCUT2D eigenvalue weighted by molar-refractivity contribution is 5.88. The second kappa shape index (κ2) is 5.65. The Morgan fingerprint density at radius 3 is 2.89 bits per heavy atom. The summed E-state index contributed by atoms with van der Waals surface area (Å²) in [5, 5.41) is 16.9. The summed E-state index contributed by atoms with van der Waals surface area (Å²) in [7, 11) is 0. The van der Waals surface area contributed by atoms with Crippen LogP contribution in [-0.2, 0) is 6.42 Å². The summed E-state index contributed by atoms with van der Waals surface area (Å²) < 4.78 is 5.56. The molecule has 1 aromatic heterocycles. The van der Waals surface area contributed by atoms with E-state index < -0.39 is 5.97 Å². The Morgan fingerprint density at radius 2 is 2.21 bits per heavy atom. The zero-order chi connectivity index (χ0) is 13.8. The van der Waals surface area contributed by atoms with Crippen LogP contribution in [-0.4, -0.2) is 21.3 Å². The van der Waals surface area contributed by atoms with Gasteiger partial charge in [0, 0.05) is 12.0 Å². The van der Waals surface area contributed by atoms with Crippen molar-refractivity contribution < 1.29 is 14.3 Å². The highest BCUT2D eigenvalue weighted by Gasteiger charge is 2.12. The zero-order valence-electron chi connectivity index (χ0n) is 11.0. The minimum absolute atomic E-state index is 0.208. The minimum atomic E-state index is -0.971. The summed E-state index contributed by atoms with van der Waals surface area (Å²) >= 11 is 0. The van der Waals surface area contributed by atoms with E-state index >= 15 is 0 Å². The molecule has 0 spiro atoms. The Bertz CT molecular complexity index is 578. The Kier molecular flexibility index (Phi) is 3.94. The molecule has 1 unspecified atom stereocenters. The number of hydrogen-bond donors (Lipinski definition) is 1. The van der Waals surface area contributed by atoms with Crippen molar-refractivity contribution in [1.82, 2.24) is 10.2 Å². The number of nitrogens with zero attached hydrogens (tertiary/aromatic N) is 2. The van der Waals surface area contributed by atoms with Crippen LogP contribution in [0.5, 0.6) is 0 Å². The number of benzene rings is 1. The summed E-state index contributed by atoms with van der Waals surface area (Å²) in [4.78, 5) is 10.9. The molecular weight excluding hydrogens is 244 g/mol. The SMILES string of the molecule is CCC(C)Cc1nnc(-c2cccc(C(=O)O)c2)o1. The quantitative estimate of drug-likeness (QED) is 0.894. The number of aromatic carboxylic acids is 1. The molecule has 1 heterocycles. The van der Waals surface area contributed by atoms with E-state index in [2.05, 4.69) is 24.0 Å². The molecule has 0 aliphatic carbocycles. The summed E-state index contributed by atoms with van der Waals surface area (Å²) in [6.07, 6.45) is 1.79. The lowest BCUT2D eigenvalue weighted by Gasteiger charge is -2.02. The molecule has 5 nitrogen and oxygen atoms in total. The van der Waals surface area contributed by atoms with Gasteiger partial charge in [-0.2, -0.15) is 0 Å². The first-order valence-electron chi connectivity index (χ1n) is 6.26. The topological polar surface area (TPSA) is 76.2 Å². The van der Waals surface area contributed by atoms with Gasteiger partial charge in [0.1, 0.15) is 0 Å². The number of carboxylic acid groups (broad SMARTS) is 1. The Labute approximate surface area is 111 Å². The van der Waals surface area contributed by atoms with Gasteiger partial charge in [0.25, 0.3) is 0 Å². The van der Waals surface area contributed by atoms with Gasteiger partial charge in [-0.25, -0.2) is 4.79 Å². The van der Waals surface area contributed by atoms with Crippen molar-refractivity contribution in [2.75, 3.05) is 0 Å². The first-order valence-corrected chi connectivity index (χ1v) is 6.26. The van der Waals surface area contributed by atoms with Crippen LogP contribution < -0.4 is 0 Å². The fourth-order valence-electron chi connectivity index (χ4n) is 1.68. The molecule has 1 atom stereocenters. The van der Waals surface area contributed by atoms with Gasteiger partial charge in [-0.1, -0.05) is 26.3 Å². The van der Waals surface area contributed by atoms with Gasteiger partial charge in [0.05, 0.1) is 5.56 Å². The van der Waals surface area contributed by atoms with Crippen LogP contribution in [0.25, 0.3) is 11.5 Å². The van der Waals surface area contributed by atoms with Gasteiger partial charge in [-0.05, 0) is 24.1 Å². The molecule has 0 aliphatic heterocycles. The van der Waals surface area contributed by atoms with Crippen molar-refractivity contribution in [3.63, 3.8) is 0 Å². The Balaban J connectivity index is 2.22. The van der Waals surface area contributed by atoms with E-state index in [1.165, 1.54) is 12.1 Å². The lowest BCUT2D eigenvalue weighted by Crippen LogP contribution is -1.97. The number of carboxylic acids is 1. The molecular formula is C14H16N2O3. The predicted octanol–water partition coefficient (Wildman–Crippen LogP) is 3.02. The molecule has 5 heteroatoms. The zero-order valence-corrected chi connectivity index (χ0v) is 11.0. The maximum absolute atomic E-state index is 10.9. The van der Waals surface area contributed by atoms with Crippen LogP contribution in [0, 0.1) is 5.92 Å². The van der Waals surface area contributed by atoms with Crippen molar-refractivity contribution in [1.29, 1.82) is 0 Å². The van der Waals surface area contributed by atoms with Gasteiger partial charge in [-0.3, -0.25) is 0 Å². The fourth-order valence-corrected chi connectivity index (χ4v) is 1.68. The average molecular weight is 260 g/mol. The monoisotopic (exact) mass is 260 g/mol. The van der Waals surface area contributed by atoms with E-state index in [1.54, 1.807) is 12.1 Å². The molecule has 0 fully saturated rings. The van der Waals surface area contributed by atoms with E-state index in [1.807, 2.05) is 0 Å². The molecule has 100 valence electrons. The van der Waals surface area contributed by atoms with Crippen LogP contribution in [0.15, 0.2) is 28.7 Å². The molecule has 0 bridgehead atoms. The first-order chi connectivity index (χ1) is 9.10. The van der Waals surface area contributed by atoms with Crippen molar-refractivity contribution in [2.45, 2.75) is 26.7 Å². The molecule has 2 rings (SSSR count). The predicted molar refractivity (Wildman–Crippen MR) is 69.9 cm³/mol. The number of carbonyl (C=O) groups is 1. The average Bonchev–Trinajstić information content (AvgIpc) is 2.87. The molecule has 1 aromatic carbocycles. The smallest absolute Gasteiger partial charge is 0.335 e. The molecule has 19 heavy (non-hydrogen) atoms. The molecule has 1 N–H and O–H groups in total. The van der Waals surface area contributed by atoms with Crippen molar-refractivity contribution >= 4 is 5.97 Å². The second-order valence-corrected chi connectivity index (χ2v) is 4.60. The number of aromatic nitrogens is 2. The van der Waals surface area contributed by atoms with Gasteiger partial charge in [0.15, 0.2) is 0 Å². The molecule has 2 aromatic rings. The lowest BCUT2D eigenvalue weighted by molar-refractivity contribution is 0.0697. The normalized spacial score (nSPS) is 12.3. The van der Waals surface area contributed by atoms with Crippen molar-refractivity contribution in [3.8, 4) is 11.5 Å². The van der Waals surface area contributed by atoms with E-state index in [9.17, 15) is 4.79 Å². The lowest BCUT2D eigenvalue weighted by atomic mass is 10.1. The highest BCUT2D eigenvalue weighted by Crippen LogP contribution is 2.20. The van der Waals surface area contributed by atoms with Crippen LogP contribution in [0.1, 0.15) is 36.5 Å². The van der Waals surface area contributed by atoms with Crippen molar-refractivity contribution in [2.24, 2.45) is 5.92 Å². The van der Waals surface area contributed by atoms with E-state index in [4.69, 9.17) is 9.52 Å². The van der Waals surface area contributed by atoms with Crippen molar-refractivity contribution in [3.05, 3.63) is 35.7 Å². The minimum Gasteiger partial charge on any atom is -0.478 e. The van der Waals surface area contributed by atoms with Crippen LogP contribution in [0.3, 0.4) is 0 Å². The van der Waals surface area contributed by atoms with Gasteiger partial charge < -0.3 is 9.52 Å². The molecule has 0 saturated heterocycles. The van der Waals surface area contributed by atoms with Gasteiger partial charge >= 0.3 is 5.97 Å². The van der Waals surface area contributed by atoms with Crippen LogP contribution in [0.4, 0.5) is 0 Å². The molecule has 0 aliphatic rings. The summed E-state index contributed by atoms with van der Waals surface area (Å²) in [6, 6.07) is 6.48. The molecule has 0 amide bonds. The Morgan fingerprint density at radius 1 is 1.42 bits per heavy atom. The molecule has 0 radical (unpaired) electrons. The third-order valence-electron chi connectivity index (χ3n) is 3.04. The standard InChI is InChI=1S/C14H16N2O3/c1-3-9(2)7-12-15-16-13(19-12)10-5-4-6-11(8-10)14(17)18/h4-6,8-9H,3,7H2,1-2H3,(H,17,18). The summed E-state index contributed by atoms with van der Waals surface area (Å²) in [6.45, 7) is 4.23. The third-order valence-corrected chi connectivity index (χ3v) is 3.04. The number of hydrogen-bond acceptors (Lipinski definition) is 4. The Hall–Kier alpha value is -2.17. The van der Waals surface area contributed by atoms with Crippen LogP contribution in [0.2, 0.25) is 0 Å². The van der Waals surface area contributed by atoms with E-state index in [0.717, 1.165) is 12.8 Å². The second-order valence-electron chi connectivity index (χ2n) is 4.60. The van der Waals surface area contributed by atoms with Gasteiger partial charge in [0.2, 0.25) is 11.8 Å². The molecule has 0 saturated carbocycles. The first kappa shape index (κ1) is 13.3. The third kappa shape index (κ3) is 3.19. The van der Waals surface area contributed by atoms with Gasteiger partial charge in [-0.15, -0.1) is 10.2 Å². The van der Waals surface area contributed by atoms with E-state index in [-0.39, 0.29) is 5.56 Å². The highest BCUT2D eigenvalue weighted by atomic mass is 16.4.